The summed E-state index contributed by atoms with van der Waals surface area (Å²) in [4.78, 5) is 16.0. The van der Waals surface area contributed by atoms with Crippen molar-refractivity contribution in [3.8, 4) is 6.07 Å². The zero-order valence-corrected chi connectivity index (χ0v) is 13.5. The topological polar surface area (TPSA) is 59.3 Å². The van der Waals surface area contributed by atoms with Crippen LogP contribution in [-0.2, 0) is 0 Å². The Morgan fingerprint density at radius 1 is 0.917 bits per heavy atom. The smallest absolute Gasteiger partial charge is 0.128 e. The fourth-order valence-electron chi connectivity index (χ4n) is 3.37. The average molecular weight is 320 g/mol. The van der Waals surface area contributed by atoms with Crippen molar-refractivity contribution in [1.82, 2.24) is 14.9 Å². The SMILES string of the molecule is N#Cc1ccc(N2CC(N3CCN(c4ccccn4)CC3)C2)nc1. The number of hydrogen-bond acceptors (Lipinski definition) is 6. The summed E-state index contributed by atoms with van der Waals surface area (Å²) >= 11 is 0. The summed E-state index contributed by atoms with van der Waals surface area (Å²) in [5, 5.41) is 8.84. The first-order valence-corrected chi connectivity index (χ1v) is 8.34. The first kappa shape index (κ1) is 14.9. The first-order valence-electron chi connectivity index (χ1n) is 8.34. The molecular formula is C18H20N6. The number of anilines is 2. The Morgan fingerprint density at radius 3 is 2.33 bits per heavy atom. The van der Waals surface area contributed by atoms with Crippen molar-refractivity contribution < 1.29 is 0 Å². The lowest BCUT2D eigenvalue weighted by molar-refractivity contribution is 0.156. The van der Waals surface area contributed by atoms with E-state index in [1.807, 2.05) is 30.5 Å². The van der Waals surface area contributed by atoms with E-state index in [0.717, 1.165) is 50.9 Å². The lowest BCUT2D eigenvalue weighted by Gasteiger charge is -2.48. The third kappa shape index (κ3) is 2.91. The highest BCUT2D eigenvalue weighted by atomic mass is 15.4. The molecule has 0 radical (unpaired) electrons. The van der Waals surface area contributed by atoms with E-state index in [1.54, 1.807) is 6.20 Å². The zero-order valence-electron chi connectivity index (χ0n) is 13.5. The Morgan fingerprint density at radius 2 is 1.71 bits per heavy atom. The number of aromatic nitrogens is 2. The largest absolute Gasteiger partial charge is 0.354 e. The summed E-state index contributed by atoms with van der Waals surface area (Å²) in [6.45, 7) is 6.25. The summed E-state index contributed by atoms with van der Waals surface area (Å²) in [5.41, 5.74) is 0.612. The van der Waals surface area contributed by atoms with Crippen molar-refractivity contribution in [1.29, 1.82) is 5.26 Å². The molecule has 4 heterocycles. The highest BCUT2D eigenvalue weighted by Crippen LogP contribution is 2.23. The predicted octanol–water partition coefficient (Wildman–Crippen LogP) is 1.36. The van der Waals surface area contributed by atoms with Crippen LogP contribution in [0.1, 0.15) is 5.56 Å². The molecule has 2 aromatic heterocycles. The van der Waals surface area contributed by atoms with E-state index in [0.29, 0.717) is 11.6 Å². The Bertz CT molecular complexity index is 709. The van der Waals surface area contributed by atoms with Gasteiger partial charge in [0.05, 0.1) is 5.56 Å². The minimum absolute atomic E-state index is 0.605. The maximum atomic E-state index is 8.84. The molecule has 24 heavy (non-hydrogen) atoms. The Labute approximate surface area is 142 Å². The van der Waals surface area contributed by atoms with Crippen LogP contribution in [-0.4, -0.2) is 60.2 Å². The van der Waals surface area contributed by atoms with E-state index >= 15 is 0 Å². The summed E-state index contributed by atoms with van der Waals surface area (Å²) in [6, 6.07) is 12.6. The highest BCUT2D eigenvalue weighted by Gasteiger charge is 2.34. The van der Waals surface area contributed by atoms with Gasteiger partial charge in [-0.1, -0.05) is 6.07 Å². The minimum Gasteiger partial charge on any atom is -0.354 e. The van der Waals surface area contributed by atoms with Crippen molar-refractivity contribution in [2.24, 2.45) is 0 Å². The molecule has 2 aromatic rings. The molecule has 6 heteroatoms. The molecule has 2 fully saturated rings. The monoisotopic (exact) mass is 320 g/mol. The Balaban J connectivity index is 1.28. The third-order valence-corrected chi connectivity index (χ3v) is 4.87. The average Bonchev–Trinajstić information content (AvgIpc) is 2.62. The molecule has 2 aliphatic rings. The predicted molar refractivity (Wildman–Crippen MR) is 93.0 cm³/mol. The second-order valence-corrected chi connectivity index (χ2v) is 6.29. The number of hydrogen-bond donors (Lipinski definition) is 0. The van der Waals surface area contributed by atoms with Gasteiger partial charge in [-0.25, -0.2) is 9.97 Å². The molecule has 0 atom stereocenters. The van der Waals surface area contributed by atoms with E-state index < -0.39 is 0 Å². The van der Waals surface area contributed by atoms with E-state index in [2.05, 4.69) is 36.8 Å². The van der Waals surface area contributed by atoms with Gasteiger partial charge in [0.1, 0.15) is 17.7 Å². The van der Waals surface area contributed by atoms with Crippen molar-refractivity contribution in [3.63, 3.8) is 0 Å². The van der Waals surface area contributed by atoms with Crippen LogP contribution in [0.2, 0.25) is 0 Å². The fraction of sp³-hybridized carbons (Fsp3) is 0.389. The molecule has 2 saturated heterocycles. The highest BCUT2D eigenvalue weighted by molar-refractivity contribution is 5.45. The molecule has 6 nitrogen and oxygen atoms in total. The van der Waals surface area contributed by atoms with Gasteiger partial charge in [-0.2, -0.15) is 5.26 Å². The van der Waals surface area contributed by atoms with Crippen LogP contribution in [0, 0.1) is 11.3 Å². The van der Waals surface area contributed by atoms with Crippen molar-refractivity contribution in [2.45, 2.75) is 6.04 Å². The molecule has 0 amide bonds. The quantitative estimate of drug-likeness (QED) is 0.851. The van der Waals surface area contributed by atoms with Crippen LogP contribution in [0.3, 0.4) is 0 Å². The van der Waals surface area contributed by atoms with Gasteiger partial charge in [0.2, 0.25) is 0 Å². The number of rotatable bonds is 3. The minimum atomic E-state index is 0.605. The van der Waals surface area contributed by atoms with Gasteiger partial charge in [0.15, 0.2) is 0 Å². The van der Waals surface area contributed by atoms with Gasteiger partial charge in [-0.3, -0.25) is 4.90 Å². The van der Waals surface area contributed by atoms with Gasteiger partial charge < -0.3 is 9.80 Å². The maximum absolute atomic E-state index is 8.84. The van der Waals surface area contributed by atoms with E-state index in [4.69, 9.17) is 5.26 Å². The number of pyridine rings is 2. The maximum Gasteiger partial charge on any atom is 0.128 e. The molecule has 0 aliphatic carbocycles. The van der Waals surface area contributed by atoms with Crippen molar-refractivity contribution in [2.75, 3.05) is 49.1 Å². The third-order valence-electron chi connectivity index (χ3n) is 4.87. The molecule has 0 N–H and O–H groups in total. The molecule has 2 aliphatic heterocycles. The van der Waals surface area contributed by atoms with E-state index in [9.17, 15) is 0 Å². The molecule has 0 aromatic carbocycles. The standard InChI is InChI=1S/C18H20N6/c19-11-15-4-5-18(21-12-15)24-13-16(14-24)22-7-9-23(10-8-22)17-3-1-2-6-20-17/h1-6,12,16H,7-10,13-14H2. The van der Waals surface area contributed by atoms with Crippen LogP contribution in [0.25, 0.3) is 0 Å². The molecule has 0 saturated carbocycles. The molecule has 0 unspecified atom stereocenters. The van der Waals surface area contributed by atoms with Crippen LogP contribution in [0.4, 0.5) is 11.6 Å². The summed E-state index contributed by atoms with van der Waals surface area (Å²) in [6.07, 6.45) is 3.50. The van der Waals surface area contributed by atoms with Crippen molar-refractivity contribution in [3.05, 3.63) is 48.3 Å². The van der Waals surface area contributed by atoms with Gasteiger partial charge in [-0.05, 0) is 24.3 Å². The summed E-state index contributed by atoms with van der Waals surface area (Å²) in [7, 11) is 0. The van der Waals surface area contributed by atoms with Crippen LogP contribution < -0.4 is 9.80 Å². The van der Waals surface area contributed by atoms with Crippen LogP contribution >= 0.6 is 0 Å². The Kier molecular flexibility index (Phi) is 4.01. The van der Waals surface area contributed by atoms with Crippen molar-refractivity contribution >= 4 is 11.6 Å². The van der Waals surface area contributed by atoms with E-state index in [1.165, 1.54) is 0 Å². The number of nitriles is 1. The summed E-state index contributed by atoms with van der Waals surface area (Å²) in [5.74, 6) is 2.05. The van der Waals surface area contributed by atoms with Crippen LogP contribution in [0.15, 0.2) is 42.7 Å². The van der Waals surface area contributed by atoms with Crippen LogP contribution in [0.5, 0.6) is 0 Å². The number of piperazine rings is 1. The normalized spacial score (nSPS) is 19.0. The second-order valence-electron chi connectivity index (χ2n) is 6.29. The molecule has 0 spiro atoms. The summed E-state index contributed by atoms with van der Waals surface area (Å²) < 4.78 is 0. The van der Waals surface area contributed by atoms with Gasteiger partial charge in [0, 0.05) is 57.7 Å². The fourth-order valence-corrected chi connectivity index (χ4v) is 3.37. The second kappa shape index (κ2) is 6.46. The van der Waals surface area contributed by atoms with Gasteiger partial charge >= 0.3 is 0 Å². The van der Waals surface area contributed by atoms with E-state index in [-0.39, 0.29) is 0 Å². The zero-order chi connectivity index (χ0) is 16.4. The number of nitrogens with zero attached hydrogens (tertiary/aromatic N) is 6. The van der Waals surface area contributed by atoms with Gasteiger partial charge in [-0.15, -0.1) is 0 Å². The first-order chi connectivity index (χ1) is 11.8. The molecule has 0 bridgehead atoms. The molecule has 4 rings (SSSR count). The molecule has 122 valence electrons. The lowest BCUT2D eigenvalue weighted by atomic mass is 10.1. The van der Waals surface area contributed by atoms with Gasteiger partial charge in [0.25, 0.3) is 0 Å². The Hall–Kier alpha value is -2.65. The lowest BCUT2D eigenvalue weighted by Crippen LogP contribution is -2.63. The molecular weight excluding hydrogens is 300 g/mol.